The van der Waals surface area contributed by atoms with Crippen molar-refractivity contribution < 1.29 is 29.4 Å². The van der Waals surface area contributed by atoms with Crippen LogP contribution in [0.1, 0.15) is 0 Å². The molecule has 4 N–H and O–H groups in total. The van der Waals surface area contributed by atoms with Crippen molar-refractivity contribution >= 4 is 18.7 Å². The molecule has 0 radical (unpaired) electrons. The highest BCUT2D eigenvalue weighted by atomic mass is 32.1. The van der Waals surface area contributed by atoms with Crippen molar-refractivity contribution in [1.82, 2.24) is 0 Å². The third kappa shape index (κ3) is 4.03. The van der Waals surface area contributed by atoms with Gasteiger partial charge in [-0.25, -0.2) is 0 Å². The quantitative estimate of drug-likeness (QED) is 0.246. The van der Waals surface area contributed by atoms with Crippen molar-refractivity contribution in [3.05, 3.63) is 0 Å². The van der Waals surface area contributed by atoms with E-state index in [2.05, 4.69) is 17.1 Å². The summed E-state index contributed by atoms with van der Waals surface area (Å²) in [5, 5.41) is 35.3. The molecule has 13 heavy (non-hydrogen) atoms. The predicted molar refractivity (Wildman–Crippen MR) is 45.1 cm³/mol. The van der Waals surface area contributed by atoms with Gasteiger partial charge in [0, 0.05) is 0 Å². The van der Waals surface area contributed by atoms with Gasteiger partial charge in [-0.1, -0.05) is 0 Å². The molecular weight excluding hydrogens is 200 g/mol. The summed E-state index contributed by atoms with van der Waals surface area (Å²) in [6, 6.07) is 0. The van der Waals surface area contributed by atoms with Crippen molar-refractivity contribution in [2.45, 2.75) is 18.3 Å². The number of carbonyl (C=O) groups is 1. The first-order valence-corrected chi connectivity index (χ1v) is 3.85. The zero-order valence-electron chi connectivity index (χ0n) is 6.70. The third-order valence-corrected chi connectivity index (χ3v) is 1.57. The van der Waals surface area contributed by atoms with Crippen LogP contribution >= 0.6 is 12.9 Å². The molecule has 0 aliphatic carbocycles. The van der Waals surface area contributed by atoms with Gasteiger partial charge < -0.3 is 24.6 Å². The van der Waals surface area contributed by atoms with Crippen LogP contribution in [0.4, 0.5) is 0 Å². The molecule has 0 spiro atoms. The maximum Gasteiger partial charge on any atom is 0.190 e. The van der Waals surface area contributed by atoms with E-state index in [1.807, 2.05) is 0 Å². The molecule has 0 aromatic rings. The molecule has 0 rings (SSSR count). The van der Waals surface area contributed by atoms with E-state index in [0.29, 0.717) is 0 Å². The normalized spacial score (nSPS) is 17.9. The molecule has 0 saturated heterocycles. The van der Waals surface area contributed by atoms with E-state index in [-0.39, 0.29) is 0 Å². The molecule has 0 heterocycles. The Morgan fingerprint density at radius 2 is 1.92 bits per heavy atom. The zero-order valence-corrected chi connectivity index (χ0v) is 7.59. The second-order valence-corrected chi connectivity index (χ2v) is 2.68. The summed E-state index contributed by atoms with van der Waals surface area (Å²) < 4.78 is 4.12. The number of hydrogen-bond donors (Lipinski definition) is 5. The predicted octanol–water partition coefficient (Wildman–Crippen LogP) is -2.51. The van der Waals surface area contributed by atoms with Crippen molar-refractivity contribution in [3.63, 3.8) is 0 Å². The zero-order chi connectivity index (χ0) is 10.4. The van der Waals surface area contributed by atoms with E-state index >= 15 is 0 Å². The van der Waals surface area contributed by atoms with E-state index in [1.54, 1.807) is 0 Å². The second kappa shape index (κ2) is 6.30. The molecule has 0 aromatic heterocycles. The van der Waals surface area contributed by atoms with Crippen LogP contribution in [0.3, 0.4) is 0 Å². The average molecular weight is 212 g/mol. The van der Waals surface area contributed by atoms with Crippen LogP contribution in [0.2, 0.25) is 0 Å². The van der Waals surface area contributed by atoms with Gasteiger partial charge in [0.25, 0.3) is 0 Å². The molecule has 0 fully saturated rings. The summed E-state index contributed by atoms with van der Waals surface area (Å²) in [7, 11) is 0. The van der Waals surface area contributed by atoms with Crippen molar-refractivity contribution in [2.75, 3.05) is 13.2 Å². The van der Waals surface area contributed by atoms with Gasteiger partial charge in [0.1, 0.15) is 24.9 Å². The largest absolute Gasteiger partial charge is 0.394 e. The van der Waals surface area contributed by atoms with E-state index in [0.717, 1.165) is 0 Å². The van der Waals surface area contributed by atoms with Gasteiger partial charge in [0.15, 0.2) is 5.78 Å². The fourth-order valence-electron chi connectivity index (χ4n) is 0.658. The Balaban J connectivity index is 4.07. The van der Waals surface area contributed by atoms with E-state index in [4.69, 9.17) is 20.4 Å². The van der Waals surface area contributed by atoms with Crippen LogP contribution in [-0.4, -0.2) is 57.7 Å². The summed E-state index contributed by atoms with van der Waals surface area (Å²) >= 11 is 3.27. The molecule has 3 atom stereocenters. The van der Waals surface area contributed by atoms with Crippen LogP contribution in [0.5, 0.6) is 0 Å². The SMILES string of the molecule is O=C(COS)[C@H](O)[C@@H](O)[C@H](O)CO. The maximum absolute atomic E-state index is 10.8. The van der Waals surface area contributed by atoms with Crippen molar-refractivity contribution in [1.29, 1.82) is 0 Å². The first kappa shape index (κ1) is 12.8. The Morgan fingerprint density at radius 3 is 2.31 bits per heavy atom. The average Bonchev–Trinajstić information content (AvgIpc) is 2.14. The Labute approximate surface area is 80.4 Å². The molecule has 78 valence electrons. The summed E-state index contributed by atoms with van der Waals surface area (Å²) in [4.78, 5) is 10.8. The molecule has 0 aromatic carbocycles. The lowest BCUT2D eigenvalue weighted by Gasteiger charge is -2.19. The van der Waals surface area contributed by atoms with Gasteiger partial charge in [-0.2, -0.15) is 0 Å². The Morgan fingerprint density at radius 1 is 1.38 bits per heavy atom. The maximum atomic E-state index is 10.8. The van der Waals surface area contributed by atoms with Crippen LogP contribution in [0.15, 0.2) is 0 Å². The molecule has 0 aliphatic rings. The van der Waals surface area contributed by atoms with Gasteiger partial charge in [0.05, 0.1) is 6.61 Å². The number of aliphatic hydroxyl groups excluding tert-OH is 4. The molecule has 0 bridgehead atoms. The number of Topliss-reactive ketones (excluding diaryl/α,β-unsaturated/α-hetero) is 1. The topological polar surface area (TPSA) is 107 Å². The first-order valence-electron chi connectivity index (χ1n) is 3.48. The summed E-state index contributed by atoms with van der Waals surface area (Å²) in [6.07, 6.45) is -5.06. The summed E-state index contributed by atoms with van der Waals surface area (Å²) in [5.74, 6) is -0.824. The molecule has 0 saturated carbocycles. The number of thiol groups is 1. The molecular formula is C6H12O6S. The van der Waals surface area contributed by atoms with Gasteiger partial charge in [0.2, 0.25) is 0 Å². The number of rotatable bonds is 6. The second-order valence-electron chi connectivity index (χ2n) is 2.43. The highest BCUT2D eigenvalue weighted by Gasteiger charge is 2.29. The Kier molecular flexibility index (Phi) is 6.21. The third-order valence-electron chi connectivity index (χ3n) is 1.44. The van der Waals surface area contributed by atoms with Gasteiger partial charge in [-0.15, -0.1) is 0 Å². The number of carbonyl (C=O) groups excluding carboxylic acids is 1. The minimum atomic E-state index is -1.78. The fraction of sp³-hybridized carbons (Fsp3) is 0.833. The van der Waals surface area contributed by atoms with Gasteiger partial charge >= 0.3 is 0 Å². The molecule has 0 unspecified atom stereocenters. The highest BCUT2D eigenvalue weighted by molar-refractivity contribution is 7.75. The van der Waals surface area contributed by atoms with E-state index in [1.165, 1.54) is 0 Å². The van der Waals surface area contributed by atoms with Gasteiger partial charge in [-0.3, -0.25) is 4.79 Å². The smallest absolute Gasteiger partial charge is 0.190 e. The van der Waals surface area contributed by atoms with E-state index < -0.39 is 37.3 Å². The Bertz CT molecular complexity index is 163. The van der Waals surface area contributed by atoms with Crippen LogP contribution < -0.4 is 0 Å². The molecule has 6 nitrogen and oxygen atoms in total. The minimum Gasteiger partial charge on any atom is -0.394 e. The molecule has 0 aliphatic heterocycles. The molecule has 0 amide bonds. The lowest BCUT2D eigenvalue weighted by Crippen LogP contribution is -2.44. The van der Waals surface area contributed by atoms with Crippen LogP contribution in [-0.2, 0) is 8.98 Å². The fourth-order valence-corrected chi connectivity index (χ4v) is 0.785. The lowest BCUT2D eigenvalue weighted by molar-refractivity contribution is -0.141. The standard InChI is InChI=1S/C6H12O6S/c7-1-3(8)5(10)6(11)4(9)2-12-13/h3,5-8,10-11,13H,1-2H2/t3-,5+,6+/m1/s1. The van der Waals surface area contributed by atoms with Crippen molar-refractivity contribution in [2.24, 2.45) is 0 Å². The van der Waals surface area contributed by atoms with E-state index in [9.17, 15) is 4.79 Å². The number of ketones is 1. The molecule has 7 heteroatoms. The van der Waals surface area contributed by atoms with Crippen LogP contribution in [0, 0.1) is 0 Å². The highest BCUT2D eigenvalue weighted by Crippen LogP contribution is 2.01. The number of hydrogen-bond acceptors (Lipinski definition) is 7. The summed E-state index contributed by atoms with van der Waals surface area (Å²) in [5.41, 5.74) is 0. The van der Waals surface area contributed by atoms with Gasteiger partial charge in [-0.05, 0) is 12.9 Å². The lowest BCUT2D eigenvalue weighted by atomic mass is 10.1. The van der Waals surface area contributed by atoms with Crippen LogP contribution in [0.25, 0.3) is 0 Å². The summed E-state index contributed by atoms with van der Waals surface area (Å²) in [6.45, 7) is -1.23. The minimum absolute atomic E-state index is 0.487. The Hall–Kier alpha value is -0.180. The monoisotopic (exact) mass is 212 g/mol. The number of aliphatic hydroxyl groups is 4. The van der Waals surface area contributed by atoms with Crippen molar-refractivity contribution in [3.8, 4) is 0 Å². The first-order chi connectivity index (χ1) is 6.04.